The zero-order valence-electron chi connectivity index (χ0n) is 10.8. The number of hydrogen-bond acceptors (Lipinski definition) is 5. The van der Waals surface area contributed by atoms with Crippen LogP contribution in [0.3, 0.4) is 0 Å². The van der Waals surface area contributed by atoms with Gasteiger partial charge >= 0.3 is 0 Å². The van der Waals surface area contributed by atoms with Gasteiger partial charge in [0.05, 0.1) is 11.4 Å². The lowest BCUT2D eigenvalue weighted by Crippen LogP contribution is -2.15. The SMILES string of the molecule is Nc1cc(C2(Cl)C=CC(c3ccc(Cl)cc3)=N2)nc(N)n1. The van der Waals surface area contributed by atoms with Gasteiger partial charge in [0.25, 0.3) is 0 Å². The topological polar surface area (TPSA) is 90.2 Å². The van der Waals surface area contributed by atoms with Crippen LogP contribution < -0.4 is 11.5 Å². The van der Waals surface area contributed by atoms with E-state index in [2.05, 4.69) is 15.0 Å². The van der Waals surface area contributed by atoms with Gasteiger partial charge in [-0.3, -0.25) is 4.99 Å². The lowest BCUT2D eigenvalue weighted by atomic mass is 10.1. The summed E-state index contributed by atoms with van der Waals surface area (Å²) in [4.78, 5) is 11.3. The first-order chi connectivity index (χ1) is 9.96. The molecular formula is C14H11Cl2N5. The zero-order valence-corrected chi connectivity index (χ0v) is 12.3. The van der Waals surface area contributed by atoms with E-state index in [0.717, 1.165) is 11.3 Å². The van der Waals surface area contributed by atoms with E-state index in [1.807, 2.05) is 18.2 Å². The summed E-state index contributed by atoms with van der Waals surface area (Å²) < 4.78 is 0. The van der Waals surface area contributed by atoms with Crippen LogP contribution in [0.1, 0.15) is 11.3 Å². The Morgan fingerprint density at radius 3 is 2.43 bits per heavy atom. The highest BCUT2D eigenvalue weighted by Gasteiger charge is 2.32. The molecule has 2 aromatic rings. The molecule has 1 unspecified atom stereocenters. The maximum Gasteiger partial charge on any atom is 0.222 e. The van der Waals surface area contributed by atoms with Gasteiger partial charge in [0, 0.05) is 11.1 Å². The molecule has 3 rings (SSSR count). The number of allylic oxidation sites excluding steroid dienone is 1. The highest BCUT2D eigenvalue weighted by Crippen LogP contribution is 2.36. The summed E-state index contributed by atoms with van der Waals surface area (Å²) in [5, 5.41) is 0.662. The predicted molar refractivity (Wildman–Crippen MR) is 85.5 cm³/mol. The van der Waals surface area contributed by atoms with Crippen LogP contribution in [-0.4, -0.2) is 15.7 Å². The molecule has 1 aromatic carbocycles. The van der Waals surface area contributed by atoms with E-state index in [-0.39, 0.29) is 11.8 Å². The minimum atomic E-state index is -1.12. The minimum absolute atomic E-state index is 0.0635. The molecule has 4 N–H and O–H groups in total. The van der Waals surface area contributed by atoms with Gasteiger partial charge < -0.3 is 11.5 Å². The Labute approximate surface area is 131 Å². The van der Waals surface area contributed by atoms with Crippen molar-refractivity contribution in [2.45, 2.75) is 5.00 Å². The maximum absolute atomic E-state index is 6.51. The molecule has 0 fully saturated rings. The normalized spacial score (nSPS) is 20.6. The Kier molecular flexibility index (Phi) is 3.31. The highest BCUT2D eigenvalue weighted by atomic mass is 35.5. The number of benzene rings is 1. The van der Waals surface area contributed by atoms with E-state index >= 15 is 0 Å². The van der Waals surface area contributed by atoms with Crippen molar-refractivity contribution in [2.75, 3.05) is 11.5 Å². The summed E-state index contributed by atoms with van der Waals surface area (Å²) in [6, 6.07) is 8.89. The second kappa shape index (κ2) is 5.02. The van der Waals surface area contributed by atoms with Crippen LogP contribution in [0.5, 0.6) is 0 Å². The Morgan fingerprint density at radius 1 is 1.05 bits per heavy atom. The van der Waals surface area contributed by atoms with Crippen LogP contribution >= 0.6 is 23.2 Å². The number of alkyl halides is 1. The molecule has 5 nitrogen and oxygen atoms in total. The molecule has 106 valence electrons. The molecule has 0 radical (unpaired) electrons. The molecule has 1 aliphatic rings. The van der Waals surface area contributed by atoms with E-state index in [1.54, 1.807) is 24.3 Å². The van der Waals surface area contributed by atoms with E-state index in [1.165, 1.54) is 0 Å². The Morgan fingerprint density at radius 2 is 1.76 bits per heavy atom. The summed E-state index contributed by atoms with van der Waals surface area (Å²) in [5.41, 5.74) is 13.4. The largest absolute Gasteiger partial charge is 0.384 e. The summed E-state index contributed by atoms with van der Waals surface area (Å²) in [5.74, 6) is 0.314. The molecule has 21 heavy (non-hydrogen) atoms. The number of hydrogen-bond donors (Lipinski definition) is 2. The lowest BCUT2D eigenvalue weighted by Gasteiger charge is -2.15. The van der Waals surface area contributed by atoms with Crippen molar-refractivity contribution in [3.05, 3.63) is 58.8 Å². The van der Waals surface area contributed by atoms with Crippen molar-refractivity contribution in [1.29, 1.82) is 0 Å². The van der Waals surface area contributed by atoms with Gasteiger partial charge in [-0.1, -0.05) is 35.3 Å². The van der Waals surface area contributed by atoms with Crippen LogP contribution in [0.25, 0.3) is 0 Å². The van der Waals surface area contributed by atoms with Gasteiger partial charge in [-0.05, 0) is 29.8 Å². The average Bonchev–Trinajstić information content (AvgIpc) is 2.83. The molecule has 7 heteroatoms. The van der Waals surface area contributed by atoms with Crippen molar-refractivity contribution in [1.82, 2.24) is 9.97 Å². The van der Waals surface area contributed by atoms with Crippen molar-refractivity contribution >= 4 is 40.7 Å². The third-order valence-corrected chi connectivity index (χ3v) is 3.66. The predicted octanol–water partition coefficient (Wildman–Crippen LogP) is 2.75. The Balaban J connectivity index is 2.01. The van der Waals surface area contributed by atoms with Crippen LogP contribution in [0.15, 0.2) is 47.5 Å². The summed E-state index contributed by atoms with van der Waals surface area (Å²) >= 11 is 12.4. The number of nitrogen functional groups attached to an aromatic ring is 2. The van der Waals surface area contributed by atoms with E-state index < -0.39 is 5.00 Å². The smallest absolute Gasteiger partial charge is 0.222 e. The number of nitrogens with two attached hydrogens (primary N) is 2. The summed E-state index contributed by atoms with van der Waals surface area (Å²) in [7, 11) is 0. The molecule has 2 heterocycles. The van der Waals surface area contributed by atoms with Crippen LogP contribution in [-0.2, 0) is 5.00 Å². The third-order valence-electron chi connectivity index (χ3n) is 3.01. The monoisotopic (exact) mass is 319 g/mol. The maximum atomic E-state index is 6.51. The molecule has 1 aromatic heterocycles. The average molecular weight is 320 g/mol. The number of anilines is 2. The number of aromatic nitrogens is 2. The summed E-state index contributed by atoms with van der Waals surface area (Å²) in [6.45, 7) is 0. The number of halogens is 2. The van der Waals surface area contributed by atoms with Crippen LogP contribution in [0.2, 0.25) is 5.02 Å². The van der Waals surface area contributed by atoms with Gasteiger partial charge in [0.15, 0.2) is 5.00 Å². The van der Waals surface area contributed by atoms with Gasteiger partial charge in [0.1, 0.15) is 5.82 Å². The molecule has 0 spiro atoms. The molecular weight excluding hydrogens is 309 g/mol. The molecule has 0 aliphatic carbocycles. The van der Waals surface area contributed by atoms with Crippen molar-refractivity contribution in [2.24, 2.45) is 4.99 Å². The van der Waals surface area contributed by atoms with Gasteiger partial charge in [-0.25, -0.2) is 4.98 Å². The molecule has 0 bridgehead atoms. The molecule has 0 amide bonds. The van der Waals surface area contributed by atoms with Crippen LogP contribution in [0.4, 0.5) is 11.8 Å². The fourth-order valence-corrected chi connectivity index (χ4v) is 2.41. The number of aliphatic imine (C=N–C) groups is 1. The molecule has 1 atom stereocenters. The van der Waals surface area contributed by atoms with Crippen molar-refractivity contribution in [3.8, 4) is 0 Å². The quantitative estimate of drug-likeness (QED) is 0.657. The Bertz CT molecular complexity index is 734. The van der Waals surface area contributed by atoms with Gasteiger partial charge in [0.2, 0.25) is 5.95 Å². The van der Waals surface area contributed by atoms with Crippen LogP contribution in [0, 0.1) is 0 Å². The zero-order chi connectivity index (χ0) is 15.0. The van der Waals surface area contributed by atoms with Crippen molar-refractivity contribution < 1.29 is 0 Å². The van der Waals surface area contributed by atoms with Gasteiger partial charge in [-0.2, -0.15) is 4.98 Å². The first-order valence-corrected chi connectivity index (χ1v) is 6.86. The Hall–Kier alpha value is -2.11. The highest BCUT2D eigenvalue weighted by molar-refractivity contribution is 6.31. The minimum Gasteiger partial charge on any atom is -0.384 e. The fraction of sp³-hybridized carbons (Fsp3) is 0.0714. The number of nitrogens with zero attached hydrogens (tertiary/aromatic N) is 3. The molecule has 0 saturated carbocycles. The second-order valence-electron chi connectivity index (χ2n) is 4.55. The molecule has 1 aliphatic heterocycles. The number of rotatable bonds is 2. The van der Waals surface area contributed by atoms with Gasteiger partial charge in [-0.15, -0.1) is 0 Å². The first-order valence-electron chi connectivity index (χ1n) is 6.11. The first kappa shape index (κ1) is 13.9. The van der Waals surface area contributed by atoms with E-state index in [0.29, 0.717) is 10.7 Å². The fourth-order valence-electron chi connectivity index (χ4n) is 2.03. The second-order valence-corrected chi connectivity index (χ2v) is 5.56. The molecule has 0 saturated heterocycles. The summed E-state index contributed by atoms with van der Waals surface area (Å²) in [6.07, 6.45) is 3.56. The van der Waals surface area contributed by atoms with E-state index in [4.69, 9.17) is 34.7 Å². The standard InChI is InChI=1S/C14H11Cl2N5/c15-9-3-1-8(2-4-9)10-5-6-14(16,21-10)11-7-12(17)20-13(18)19-11/h1-7H,(H4,17,18,19,20). The van der Waals surface area contributed by atoms with E-state index in [9.17, 15) is 0 Å². The third kappa shape index (κ3) is 2.70. The lowest BCUT2D eigenvalue weighted by molar-refractivity contribution is 0.787. The van der Waals surface area contributed by atoms with Crippen molar-refractivity contribution in [3.63, 3.8) is 0 Å².